The Kier molecular flexibility index (Phi) is 15.0. The van der Waals surface area contributed by atoms with Crippen molar-refractivity contribution in [1.82, 2.24) is 0 Å². The first-order valence-corrected chi connectivity index (χ1v) is 10.2. The third-order valence-corrected chi connectivity index (χ3v) is 4.79. The summed E-state index contributed by atoms with van der Waals surface area (Å²) in [6, 6.07) is 0. The highest BCUT2D eigenvalue weighted by Gasteiger charge is 1.95. The van der Waals surface area contributed by atoms with Crippen LogP contribution in [0.25, 0.3) is 0 Å². The number of hydrogen-bond donors (Lipinski definition) is 0. The van der Waals surface area contributed by atoms with E-state index in [9.17, 15) is 0 Å². The van der Waals surface area contributed by atoms with Crippen LogP contribution < -0.4 is 0 Å². The molecule has 0 aliphatic heterocycles. The highest BCUT2D eigenvalue weighted by Crippen LogP contribution is 2.14. The maximum atomic E-state index is 3.41. The van der Waals surface area contributed by atoms with Crippen LogP contribution >= 0.6 is 0 Å². The highest BCUT2D eigenvalue weighted by molar-refractivity contribution is 4.98. The molecule has 1 rings (SSSR count). The van der Waals surface area contributed by atoms with Gasteiger partial charge in [-0.1, -0.05) is 108 Å². The average molecular weight is 304 g/mol. The predicted octanol–water partition coefficient (Wildman–Crippen LogP) is 7.94. The van der Waals surface area contributed by atoms with Crippen LogP contribution in [0.2, 0.25) is 0 Å². The molecule has 0 aromatic rings. The van der Waals surface area contributed by atoms with Gasteiger partial charge in [0.2, 0.25) is 0 Å². The first-order valence-electron chi connectivity index (χ1n) is 10.2. The molecule has 22 heavy (non-hydrogen) atoms. The van der Waals surface area contributed by atoms with Crippen molar-refractivity contribution < 1.29 is 0 Å². The van der Waals surface area contributed by atoms with Crippen molar-refractivity contribution in [2.75, 3.05) is 0 Å². The molecule has 0 nitrogen and oxygen atoms in total. The van der Waals surface area contributed by atoms with Crippen LogP contribution in [0.15, 0.2) is 18.2 Å². The number of rotatable bonds is 0. The Morgan fingerprint density at radius 2 is 0.864 bits per heavy atom. The van der Waals surface area contributed by atoms with Crippen molar-refractivity contribution in [2.45, 2.75) is 116 Å². The molecule has 1 radical (unpaired) electrons. The molecule has 0 heteroatoms. The van der Waals surface area contributed by atoms with Gasteiger partial charge in [0.1, 0.15) is 0 Å². The van der Waals surface area contributed by atoms with Gasteiger partial charge in [-0.2, -0.15) is 0 Å². The molecular formula is C22H39. The molecule has 1 aliphatic rings. The summed E-state index contributed by atoms with van der Waals surface area (Å²) in [5.41, 5.74) is 0. The van der Waals surface area contributed by atoms with Gasteiger partial charge in [0.15, 0.2) is 0 Å². The Labute approximate surface area is 140 Å². The van der Waals surface area contributed by atoms with E-state index in [0.717, 1.165) is 6.42 Å². The Morgan fingerprint density at radius 3 is 1.36 bits per heavy atom. The molecule has 0 aromatic carbocycles. The lowest BCUT2D eigenvalue weighted by molar-refractivity contribution is 0.528. The average Bonchev–Trinajstić information content (AvgIpc) is 2.53. The Morgan fingerprint density at radius 1 is 0.455 bits per heavy atom. The van der Waals surface area contributed by atoms with E-state index >= 15 is 0 Å². The lowest BCUT2D eigenvalue weighted by Gasteiger charge is -2.03. The SMILES string of the molecule is [C]1=C/C=C/CCCCCCCCCCCCCCCCCC/1. The number of allylic oxidation sites excluding steroid dienone is 4. The zero-order chi connectivity index (χ0) is 15.6. The smallest absolute Gasteiger partial charge is 0.0276 e. The second-order valence-electron chi connectivity index (χ2n) is 6.99. The molecule has 0 spiro atoms. The van der Waals surface area contributed by atoms with Crippen LogP contribution in [0.1, 0.15) is 116 Å². The topological polar surface area (TPSA) is 0 Å². The lowest BCUT2D eigenvalue weighted by atomic mass is 10.0. The first kappa shape index (κ1) is 19.5. The largest absolute Gasteiger partial charge is 0.0845 e. The highest BCUT2D eigenvalue weighted by atomic mass is 14.0. The van der Waals surface area contributed by atoms with Crippen molar-refractivity contribution in [2.24, 2.45) is 0 Å². The summed E-state index contributed by atoms with van der Waals surface area (Å²) in [5.74, 6) is 0. The molecule has 1 aliphatic carbocycles. The minimum Gasteiger partial charge on any atom is -0.0845 e. The van der Waals surface area contributed by atoms with E-state index in [1.165, 1.54) is 109 Å². The molecule has 0 saturated heterocycles. The van der Waals surface area contributed by atoms with Gasteiger partial charge in [-0.25, -0.2) is 0 Å². The lowest BCUT2D eigenvalue weighted by Crippen LogP contribution is -1.84. The van der Waals surface area contributed by atoms with Crippen LogP contribution in [-0.4, -0.2) is 0 Å². The quantitative estimate of drug-likeness (QED) is 0.426. The second kappa shape index (κ2) is 16.8. The van der Waals surface area contributed by atoms with Crippen molar-refractivity contribution >= 4 is 0 Å². The van der Waals surface area contributed by atoms with Gasteiger partial charge in [0, 0.05) is 0 Å². The molecule has 0 fully saturated rings. The van der Waals surface area contributed by atoms with Crippen LogP contribution in [0, 0.1) is 6.08 Å². The molecule has 127 valence electrons. The summed E-state index contributed by atoms with van der Waals surface area (Å²) in [6.45, 7) is 0. The minimum atomic E-state index is 1.14. The molecule has 0 amide bonds. The molecule has 0 atom stereocenters. The molecule has 0 heterocycles. The van der Waals surface area contributed by atoms with Gasteiger partial charge in [-0.05, 0) is 31.8 Å². The molecule has 0 aromatic heterocycles. The van der Waals surface area contributed by atoms with Crippen LogP contribution in [-0.2, 0) is 0 Å². The monoisotopic (exact) mass is 303 g/mol. The van der Waals surface area contributed by atoms with Gasteiger partial charge >= 0.3 is 0 Å². The fourth-order valence-electron chi connectivity index (χ4n) is 3.28. The van der Waals surface area contributed by atoms with E-state index in [1.807, 2.05) is 0 Å². The zero-order valence-corrected chi connectivity index (χ0v) is 15.0. The normalized spacial score (nSPS) is 25.5. The summed E-state index contributed by atoms with van der Waals surface area (Å²) < 4.78 is 0. The fourth-order valence-corrected chi connectivity index (χ4v) is 3.28. The van der Waals surface area contributed by atoms with Crippen molar-refractivity contribution in [3.8, 4) is 0 Å². The van der Waals surface area contributed by atoms with E-state index in [4.69, 9.17) is 0 Å². The van der Waals surface area contributed by atoms with Crippen molar-refractivity contribution in [1.29, 1.82) is 0 Å². The van der Waals surface area contributed by atoms with E-state index < -0.39 is 0 Å². The fraction of sp³-hybridized carbons (Fsp3) is 0.818. The van der Waals surface area contributed by atoms with Crippen LogP contribution in [0.4, 0.5) is 0 Å². The van der Waals surface area contributed by atoms with Crippen molar-refractivity contribution in [3.05, 3.63) is 24.3 Å². The maximum Gasteiger partial charge on any atom is -0.0276 e. The van der Waals surface area contributed by atoms with Gasteiger partial charge in [0.05, 0.1) is 0 Å². The van der Waals surface area contributed by atoms with Gasteiger partial charge in [-0.15, -0.1) is 0 Å². The molecule has 0 unspecified atom stereocenters. The Balaban J connectivity index is 2.10. The summed E-state index contributed by atoms with van der Waals surface area (Å²) in [4.78, 5) is 0. The zero-order valence-electron chi connectivity index (χ0n) is 15.0. The molecule has 0 N–H and O–H groups in total. The van der Waals surface area contributed by atoms with Gasteiger partial charge in [-0.3, -0.25) is 0 Å². The Hall–Kier alpha value is -0.520. The third kappa shape index (κ3) is 14.4. The Bertz CT molecular complexity index is 233. The first-order chi connectivity index (χ1) is 11.0. The molecular weight excluding hydrogens is 264 g/mol. The summed E-state index contributed by atoms with van der Waals surface area (Å²) >= 11 is 0. The van der Waals surface area contributed by atoms with Crippen LogP contribution in [0.3, 0.4) is 0 Å². The van der Waals surface area contributed by atoms with Crippen molar-refractivity contribution in [3.63, 3.8) is 0 Å². The maximum absolute atomic E-state index is 3.41. The number of hydrogen-bond acceptors (Lipinski definition) is 0. The standard InChI is InChI=1S/C22H39/c1-2-4-6-8-10-12-14-16-18-20-22-21-19-17-15-13-11-9-7-5-3-1/h1-3H,4,6-22H2/b2-1+,5-3?. The summed E-state index contributed by atoms with van der Waals surface area (Å²) in [6.07, 6.45) is 35.5. The van der Waals surface area contributed by atoms with E-state index in [1.54, 1.807) is 0 Å². The molecule has 0 bridgehead atoms. The predicted molar refractivity (Wildman–Crippen MR) is 100 cm³/mol. The van der Waals surface area contributed by atoms with E-state index in [2.05, 4.69) is 24.3 Å². The van der Waals surface area contributed by atoms with E-state index in [0.29, 0.717) is 0 Å². The second-order valence-corrected chi connectivity index (χ2v) is 6.99. The summed E-state index contributed by atoms with van der Waals surface area (Å²) in [5, 5.41) is 0. The summed E-state index contributed by atoms with van der Waals surface area (Å²) in [7, 11) is 0. The van der Waals surface area contributed by atoms with E-state index in [-0.39, 0.29) is 0 Å². The molecule has 0 saturated carbocycles. The van der Waals surface area contributed by atoms with Crippen LogP contribution in [0.5, 0.6) is 0 Å². The van der Waals surface area contributed by atoms with Gasteiger partial charge in [0.25, 0.3) is 0 Å². The van der Waals surface area contributed by atoms with Gasteiger partial charge < -0.3 is 0 Å². The minimum absolute atomic E-state index is 1.14. The third-order valence-electron chi connectivity index (χ3n) is 4.79.